The second-order valence-corrected chi connectivity index (χ2v) is 6.06. The molecule has 0 atom stereocenters. The maximum Gasteiger partial charge on any atom is 0.248 e. The Hall–Kier alpha value is -2.79. The van der Waals surface area contributed by atoms with Crippen LogP contribution in [-0.4, -0.2) is 9.97 Å². The Kier molecular flexibility index (Phi) is 5.05. The molecular formula is C19H19ClN4O. The molecule has 3 rings (SSSR count). The molecule has 1 aromatic heterocycles. The summed E-state index contributed by atoms with van der Waals surface area (Å²) < 4.78 is 5.80. The molecule has 6 heteroatoms. The van der Waals surface area contributed by atoms with E-state index in [1.807, 2.05) is 43.3 Å². The molecule has 0 aliphatic heterocycles. The molecule has 0 saturated heterocycles. The van der Waals surface area contributed by atoms with E-state index < -0.39 is 0 Å². The van der Waals surface area contributed by atoms with Gasteiger partial charge in [0.25, 0.3) is 0 Å². The van der Waals surface area contributed by atoms with E-state index in [0.717, 1.165) is 17.7 Å². The van der Waals surface area contributed by atoms with Crippen LogP contribution < -0.4 is 15.8 Å². The predicted molar refractivity (Wildman–Crippen MR) is 102 cm³/mol. The number of aryl methyl sites for hydroxylation is 2. The van der Waals surface area contributed by atoms with Crippen LogP contribution in [0.2, 0.25) is 5.02 Å². The molecule has 25 heavy (non-hydrogen) atoms. The number of rotatable bonds is 5. The van der Waals surface area contributed by atoms with Crippen molar-refractivity contribution in [1.82, 2.24) is 9.97 Å². The molecule has 0 aliphatic carbocycles. The average Bonchev–Trinajstić information content (AvgIpc) is 2.61. The summed E-state index contributed by atoms with van der Waals surface area (Å²) in [5, 5.41) is 3.88. The van der Waals surface area contributed by atoms with Crippen molar-refractivity contribution in [2.24, 2.45) is 0 Å². The number of nitrogens with zero attached hydrogens (tertiary/aromatic N) is 2. The number of aromatic nitrogens is 2. The highest BCUT2D eigenvalue weighted by Crippen LogP contribution is 2.32. The van der Waals surface area contributed by atoms with Gasteiger partial charge in [-0.2, -0.15) is 4.98 Å². The summed E-state index contributed by atoms with van der Waals surface area (Å²) in [4.78, 5) is 8.34. The molecule has 3 aromatic rings. The Morgan fingerprint density at radius 1 is 1.12 bits per heavy atom. The highest BCUT2D eigenvalue weighted by molar-refractivity contribution is 6.30. The number of nitrogens with two attached hydrogens (primary N) is 1. The first-order chi connectivity index (χ1) is 12.1. The van der Waals surface area contributed by atoms with Crippen LogP contribution in [0.4, 0.5) is 17.2 Å². The number of hydrogen-bond donors (Lipinski definition) is 2. The van der Waals surface area contributed by atoms with Crippen molar-refractivity contribution < 1.29 is 4.74 Å². The summed E-state index contributed by atoms with van der Waals surface area (Å²) in [6.07, 6.45) is 2.39. The van der Waals surface area contributed by atoms with E-state index in [4.69, 9.17) is 22.1 Å². The molecule has 3 N–H and O–H groups in total. The lowest BCUT2D eigenvalue weighted by molar-refractivity contribution is 0.464. The number of nitrogen functional groups attached to an aromatic ring is 1. The highest BCUT2D eigenvalue weighted by Gasteiger charge is 2.11. The summed E-state index contributed by atoms with van der Waals surface area (Å²) in [5.74, 6) is 1.48. The van der Waals surface area contributed by atoms with Gasteiger partial charge in [-0.3, -0.25) is 0 Å². The van der Waals surface area contributed by atoms with Gasteiger partial charge in [0, 0.05) is 10.7 Å². The SMILES string of the molecule is CCc1ccc(Oc2ncnc(Nc3ccc(Cl)cc3C)c2N)cc1. The van der Waals surface area contributed by atoms with Gasteiger partial charge >= 0.3 is 0 Å². The molecule has 0 aliphatic rings. The molecular weight excluding hydrogens is 336 g/mol. The lowest BCUT2D eigenvalue weighted by Crippen LogP contribution is -2.04. The zero-order valence-corrected chi connectivity index (χ0v) is 14.8. The minimum Gasteiger partial charge on any atom is -0.437 e. The molecule has 0 spiro atoms. The van der Waals surface area contributed by atoms with Gasteiger partial charge in [0.2, 0.25) is 5.88 Å². The van der Waals surface area contributed by atoms with Crippen LogP contribution in [0.5, 0.6) is 11.6 Å². The van der Waals surface area contributed by atoms with E-state index in [0.29, 0.717) is 28.2 Å². The second-order valence-electron chi connectivity index (χ2n) is 5.62. The maximum absolute atomic E-state index is 6.18. The van der Waals surface area contributed by atoms with Crippen molar-refractivity contribution >= 4 is 28.8 Å². The van der Waals surface area contributed by atoms with Crippen LogP contribution in [-0.2, 0) is 6.42 Å². The molecule has 0 unspecified atom stereocenters. The van der Waals surface area contributed by atoms with Gasteiger partial charge in [-0.15, -0.1) is 0 Å². The Labute approximate surface area is 151 Å². The zero-order valence-electron chi connectivity index (χ0n) is 14.1. The second kappa shape index (κ2) is 7.40. The third kappa shape index (κ3) is 4.00. The smallest absolute Gasteiger partial charge is 0.248 e. The van der Waals surface area contributed by atoms with Crippen LogP contribution in [0.25, 0.3) is 0 Å². The first kappa shape index (κ1) is 17.0. The third-order valence-corrected chi connectivity index (χ3v) is 4.07. The summed E-state index contributed by atoms with van der Waals surface area (Å²) in [7, 11) is 0. The van der Waals surface area contributed by atoms with E-state index >= 15 is 0 Å². The first-order valence-electron chi connectivity index (χ1n) is 7.97. The van der Waals surface area contributed by atoms with Gasteiger partial charge in [0.05, 0.1) is 0 Å². The molecule has 0 amide bonds. The number of nitrogens with one attached hydrogen (secondary N) is 1. The van der Waals surface area contributed by atoms with E-state index in [2.05, 4.69) is 22.2 Å². The van der Waals surface area contributed by atoms with Gasteiger partial charge in [0.15, 0.2) is 5.82 Å². The largest absolute Gasteiger partial charge is 0.437 e. The minimum atomic E-state index is 0.313. The Morgan fingerprint density at radius 3 is 2.56 bits per heavy atom. The zero-order chi connectivity index (χ0) is 17.8. The number of benzene rings is 2. The quantitative estimate of drug-likeness (QED) is 0.665. The van der Waals surface area contributed by atoms with E-state index in [1.165, 1.54) is 11.9 Å². The number of ether oxygens (including phenoxy) is 1. The Morgan fingerprint density at radius 2 is 1.88 bits per heavy atom. The Bertz CT molecular complexity index is 881. The van der Waals surface area contributed by atoms with Gasteiger partial charge in [-0.1, -0.05) is 30.7 Å². The van der Waals surface area contributed by atoms with Gasteiger partial charge < -0.3 is 15.8 Å². The summed E-state index contributed by atoms with van der Waals surface area (Å²) in [6, 6.07) is 13.4. The molecule has 0 fully saturated rings. The van der Waals surface area contributed by atoms with Crippen molar-refractivity contribution in [2.45, 2.75) is 20.3 Å². The topological polar surface area (TPSA) is 73.1 Å². The summed E-state index contributed by atoms with van der Waals surface area (Å²) >= 11 is 5.99. The average molecular weight is 355 g/mol. The molecule has 0 saturated carbocycles. The third-order valence-electron chi connectivity index (χ3n) is 3.84. The van der Waals surface area contributed by atoms with Crippen LogP contribution in [0.15, 0.2) is 48.8 Å². The number of hydrogen-bond acceptors (Lipinski definition) is 5. The van der Waals surface area contributed by atoms with Crippen LogP contribution in [0.3, 0.4) is 0 Å². The van der Waals surface area contributed by atoms with Crippen molar-refractivity contribution in [3.8, 4) is 11.6 Å². The van der Waals surface area contributed by atoms with Gasteiger partial charge in [-0.25, -0.2) is 4.98 Å². The monoisotopic (exact) mass is 354 g/mol. The molecule has 0 radical (unpaired) electrons. The fraction of sp³-hybridized carbons (Fsp3) is 0.158. The van der Waals surface area contributed by atoms with Crippen LogP contribution >= 0.6 is 11.6 Å². The van der Waals surface area contributed by atoms with Crippen LogP contribution in [0, 0.1) is 6.92 Å². The lowest BCUT2D eigenvalue weighted by Gasteiger charge is -2.13. The highest BCUT2D eigenvalue weighted by atomic mass is 35.5. The molecule has 0 bridgehead atoms. The standard InChI is InChI=1S/C19H19ClN4O/c1-3-13-4-7-15(8-5-13)25-19-17(21)18(22-11-23-19)24-16-9-6-14(20)10-12(16)2/h4-11H,3,21H2,1-2H3,(H,22,23,24). The van der Waals surface area contributed by atoms with Gasteiger partial charge in [-0.05, 0) is 54.8 Å². The maximum atomic E-state index is 6.18. The van der Waals surface area contributed by atoms with Crippen molar-refractivity contribution in [3.05, 3.63) is 64.9 Å². The molecule has 5 nitrogen and oxygen atoms in total. The first-order valence-corrected chi connectivity index (χ1v) is 8.35. The predicted octanol–water partition coefficient (Wildman–Crippen LogP) is 5.12. The fourth-order valence-electron chi connectivity index (χ4n) is 2.36. The molecule has 2 aromatic carbocycles. The van der Waals surface area contributed by atoms with E-state index in [9.17, 15) is 0 Å². The minimum absolute atomic E-state index is 0.313. The van der Waals surface area contributed by atoms with E-state index in [-0.39, 0.29) is 0 Å². The summed E-state index contributed by atoms with van der Waals surface area (Å²) in [6.45, 7) is 4.06. The van der Waals surface area contributed by atoms with Gasteiger partial charge in [0.1, 0.15) is 17.8 Å². The fourth-order valence-corrected chi connectivity index (χ4v) is 2.59. The number of halogens is 1. The van der Waals surface area contributed by atoms with Crippen molar-refractivity contribution in [3.63, 3.8) is 0 Å². The molecule has 128 valence electrons. The Balaban J connectivity index is 1.83. The van der Waals surface area contributed by atoms with E-state index in [1.54, 1.807) is 6.07 Å². The lowest BCUT2D eigenvalue weighted by atomic mass is 10.2. The normalized spacial score (nSPS) is 10.5. The van der Waals surface area contributed by atoms with Crippen molar-refractivity contribution in [2.75, 3.05) is 11.1 Å². The number of anilines is 3. The van der Waals surface area contributed by atoms with Crippen LogP contribution in [0.1, 0.15) is 18.1 Å². The summed E-state index contributed by atoms with van der Waals surface area (Å²) in [5.41, 5.74) is 9.62. The van der Waals surface area contributed by atoms with Crippen molar-refractivity contribution in [1.29, 1.82) is 0 Å². The molecule has 1 heterocycles.